The fourth-order valence-electron chi connectivity index (χ4n) is 2.49. The van der Waals surface area contributed by atoms with E-state index in [0.29, 0.717) is 5.75 Å². The Labute approximate surface area is 132 Å². The van der Waals surface area contributed by atoms with Gasteiger partial charge in [-0.3, -0.25) is 4.79 Å². The van der Waals surface area contributed by atoms with E-state index in [9.17, 15) is 9.90 Å². The monoisotopic (exact) mass is 357 g/mol. The maximum absolute atomic E-state index is 12.2. The molecule has 1 atom stereocenters. The number of aryl methyl sites for hydroxylation is 2. The van der Waals surface area contributed by atoms with Gasteiger partial charge in [-0.25, -0.2) is 0 Å². The van der Waals surface area contributed by atoms with Crippen LogP contribution in [0.15, 0.2) is 21.5 Å². The maximum Gasteiger partial charge on any atom is 0.233 e. The molecule has 1 aromatic rings. The number of nitrogens with zero attached hydrogens (tertiary/aromatic N) is 1. The van der Waals surface area contributed by atoms with Crippen molar-refractivity contribution in [1.82, 2.24) is 4.90 Å². The molecule has 3 nitrogen and oxygen atoms in total. The molecule has 1 aliphatic rings. The lowest BCUT2D eigenvalue weighted by Gasteiger charge is -2.23. The highest BCUT2D eigenvalue weighted by Gasteiger charge is 2.27. The first-order valence-electron chi connectivity index (χ1n) is 6.82. The highest BCUT2D eigenvalue weighted by atomic mass is 79.9. The molecule has 1 saturated heterocycles. The van der Waals surface area contributed by atoms with Crippen LogP contribution in [-0.4, -0.2) is 40.9 Å². The van der Waals surface area contributed by atoms with Crippen LogP contribution in [0, 0.1) is 13.8 Å². The van der Waals surface area contributed by atoms with Gasteiger partial charge in [0.1, 0.15) is 0 Å². The highest BCUT2D eigenvalue weighted by molar-refractivity contribution is 9.10. The third-order valence-corrected chi connectivity index (χ3v) is 5.71. The number of halogens is 1. The smallest absolute Gasteiger partial charge is 0.233 e. The number of aliphatic hydroxyl groups is 1. The van der Waals surface area contributed by atoms with E-state index in [-0.39, 0.29) is 18.6 Å². The molecule has 1 amide bonds. The van der Waals surface area contributed by atoms with Gasteiger partial charge >= 0.3 is 0 Å². The molecule has 20 heavy (non-hydrogen) atoms. The lowest BCUT2D eigenvalue weighted by Crippen LogP contribution is -2.38. The number of aliphatic hydroxyl groups excluding tert-OH is 1. The number of rotatable bonds is 4. The molecule has 0 aliphatic carbocycles. The highest BCUT2D eigenvalue weighted by Crippen LogP contribution is 2.29. The topological polar surface area (TPSA) is 40.5 Å². The molecule has 0 saturated carbocycles. The second-order valence-corrected chi connectivity index (χ2v) is 7.09. The average molecular weight is 358 g/mol. The number of amides is 1. The normalized spacial score (nSPS) is 18.6. The Kier molecular flexibility index (Phi) is 5.52. The molecule has 0 spiro atoms. The minimum atomic E-state index is 0.0239. The number of thioether (sulfide) groups is 1. The SMILES string of the molecule is Cc1cc(SCC(=O)N2CCCC2CO)c(C)cc1Br. The van der Waals surface area contributed by atoms with Gasteiger partial charge in [0, 0.05) is 15.9 Å². The van der Waals surface area contributed by atoms with E-state index in [1.54, 1.807) is 11.8 Å². The van der Waals surface area contributed by atoms with E-state index < -0.39 is 0 Å². The zero-order valence-corrected chi connectivity index (χ0v) is 14.3. The van der Waals surface area contributed by atoms with Gasteiger partial charge in [0.25, 0.3) is 0 Å². The average Bonchev–Trinajstić information content (AvgIpc) is 2.89. The summed E-state index contributed by atoms with van der Waals surface area (Å²) in [5, 5.41) is 9.28. The largest absolute Gasteiger partial charge is 0.394 e. The fraction of sp³-hybridized carbons (Fsp3) is 0.533. The Morgan fingerprint density at radius 1 is 1.45 bits per heavy atom. The fourth-order valence-corrected chi connectivity index (χ4v) is 3.94. The number of likely N-dealkylation sites (tertiary alicyclic amines) is 1. The summed E-state index contributed by atoms with van der Waals surface area (Å²) >= 11 is 5.10. The minimum Gasteiger partial charge on any atom is -0.394 e. The second kappa shape index (κ2) is 6.96. The van der Waals surface area contributed by atoms with Crippen LogP contribution < -0.4 is 0 Å². The molecular weight excluding hydrogens is 338 g/mol. The van der Waals surface area contributed by atoms with Crippen molar-refractivity contribution in [3.8, 4) is 0 Å². The van der Waals surface area contributed by atoms with Crippen LogP contribution in [-0.2, 0) is 4.79 Å². The van der Waals surface area contributed by atoms with Crippen molar-refractivity contribution < 1.29 is 9.90 Å². The molecule has 1 heterocycles. The zero-order chi connectivity index (χ0) is 14.7. The predicted molar refractivity (Wildman–Crippen MR) is 86.2 cm³/mol. The van der Waals surface area contributed by atoms with Crippen LogP contribution in [0.25, 0.3) is 0 Å². The molecule has 1 unspecified atom stereocenters. The van der Waals surface area contributed by atoms with E-state index in [2.05, 4.69) is 41.9 Å². The Hall–Kier alpha value is -0.520. The molecule has 1 aromatic carbocycles. The third-order valence-electron chi connectivity index (χ3n) is 3.72. The summed E-state index contributed by atoms with van der Waals surface area (Å²) in [6.07, 6.45) is 1.92. The van der Waals surface area contributed by atoms with Gasteiger partial charge in [0.15, 0.2) is 0 Å². The Balaban J connectivity index is 1.98. The van der Waals surface area contributed by atoms with Crippen molar-refractivity contribution in [2.45, 2.75) is 37.6 Å². The number of carbonyl (C=O) groups is 1. The van der Waals surface area contributed by atoms with Crippen molar-refractivity contribution in [2.24, 2.45) is 0 Å². The quantitative estimate of drug-likeness (QED) is 0.841. The van der Waals surface area contributed by atoms with Crippen LogP contribution in [0.3, 0.4) is 0 Å². The summed E-state index contributed by atoms with van der Waals surface area (Å²) < 4.78 is 1.10. The van der Waals surface area contributed by atoms with E-state index >= 15 is 0 Å². The van der Waals surface area contributed by atoms with Gasteiger partial charge in [-0.05, 0) is 49.9 Å². The summed E-state index contributed by atoms with van der Waals surface area (Å²) in [5.74, 6) is 0.574. The third kappa shape index (κ3) is 3.57. The van der Waals surface area contributed by atoms with Crippen LogP contribution >= 0.6 is 27.7 Å². The lowest BCUT2D eigenvalue weighted by molar-refractivity contribution is -0.129. The Bertz CT molecular complexity index is 507. The summed E-state index contributed by atoms with van der Waals surface area (Å²) in [6.45, 7) is 4.97. The van der Waals surface area contributed by atoms with Crippen molar-refractivity contribution in [2.75, 3.05) is 18.9 Å². The summed E-state index contributed by atoms with van der Waals surface area (Å²) in [7, 11) is 0. The van der Waals surface area contributed by atoms with Crippen LogP contribution in [0.4, 0.5) is 0 Å². The Morgan fingerprint density at radius 2 is 2.20 bits per heavy atom. The molecule has 1 fully saturated rings. The van der Waals surface area contributed by atoms with Gasteiger partial charge in [-0.15, -0.1) is 11.8 Å². The summed E-state index contributed by atoms with van der Waals surface area (Å²) in [5.41, 5.74) is 2.36. The first-order valence-corrected chi connectivity index (χ1v) is 8.60. The maximum atomic E-state index is 12.2. The van der Waals surface area contributed by atoms with Crippen LogP contribution in [0.5, 0.6) is 0 Å². The first-order chi connectivity index (χ1) is 9.52. The van der Waals surface area contributed by atoms with Gasteiger partial charge in [0.05, 0.1) is 18.4 Å². The van der Waals surface area contributed by atoms with Crippen molar-refractivity contribution in [3.63, 3.8) is 0 Å². The molecule has 0 aromatic heterocycles. The molecule has 1 aliphatic heterocycles. The zero-order valence-electron chi connectivity index (χ0n) is 11.9. The Morgan fingerprint density at radius 3 is 2.90 bits per heavy atom. The first kappa shape index (κ1) is 15.9. The van der Waals surface area contributed by atoms with Gasteiger partial charge in [-0.1, -0.05) is 15.9 Å². The molecule has 0 radical (unpaired) electrons. The number of hydrogen-bond donors (Lipinski definition) is 1. The van der Waals surface area contributed by atoms with Gasteiger partial charge in [-0.2, -0.15) is 0 Å². The lowest BCUT2D eigenvalue weighted by atomic mass is 10.2. The van der Waals surface area contributed by atoms with Crippen molar-refractivity contribution >= 4 is 33.6 Å². The second-order valence-electron chi connectivity index (χ2n) is 5.22. The van der Waals surface area contributed by atoms with E-state index in [0.717, 1.165) is 28.8 Å². The molecular formula is C15H20BrNO2S. The molecule has 5 heteroatoms. The molecule has 2 rings (SSSR count). The standard InChI is InChI=1S/C15H20BrNO2S/c1-10-7-14(11(2)6-13(10)16)20-9-15(19)17-5-3-4-12(17)8-18/h6-7,12,18H,3-5,8-9H2,1-2H3. The number of hydrogen-bond acceptors (Lipinski definition) is 3. The van der Waals surface area contributed by atoms with E-state index in [1.807, 2.05) is 4.90 Å². The van der Waals surface area contributed by atoms with Crippen LogP contribution in [0.2, 0.25) is 0 Å². The summed E-state index contributed by atoms with van der Waals surface area (Å²) in [4.78, 5) is 15.2. The van der Waals surface area contributed by atoms with Crippen molar-refractivity contribution in [1.29, 1.82) is 0 Å². The van der Waals surface area contributed by atoms with E-state index in [1.165, 1.54) is 11.1 Å². The molecule has 110 valence electrons. The molecule has 0 bridgehead atoms. The number of benzene rings is 1. The van der Waals surface area contributed by atoms with Crippen LogP contribution in [0.1, 0.15) is 24.0 Å². The van der Waals surface area contributed by atoms with Gasteiger partial charge in [0.2, 0.25) is 5.91 Å². The number of carbonyl (C=O) groups excluding carboxylic acids is 1. The molecule has 1 N–H and O–H groups in total. The van der Waals surface area contributed by atoms with Crippen molar-refractivity contribution in [3.05, 3.63) is 27.7 Å². The predicted octanol–water partition coefficient (Wildman–Crippen LogP) is 3.14. The summed E-state index contributed by atoms with van der Waals surface area (Å²) in [6, 6.07) is 4.23. The van der Waals surface area contributed by atoms with Gasteiger partial charge < -0.3 is 10.0 Å². The van der Waals surface area contributed by atoms with E-state index in [4.69, 9.17) is 0 Å². The minimum absolute atomic E-state index is 0.0239.